The molecular formula is C21H16N2O4. The third-order valence-corrected chi connectivity index (χ3v) is 5.42. The minimum Gasteiger partial charge on any atom is -0.453 e. The van der Waals surface area contributed by atoms with Crippen LogP contribution in [-0.2, 0) is 16.8 Å². The average molecular weight is 360 g/mol. The third kappa shape index (κ3) is 2.23. The average Bonchev–Trinajstić information content (AvgIpc) is 3.34. The molecule has 1 unspecified atom stereocenters. The summed E-state index contributed by atoms with van der Waals surface area (Å²) in [5.74, 6) is -0.635. The number of ketones is 1. The summed E-state index contributed by atoms with van der Waals surface area (Å²) < 4.78 is 5.56. The van der Waals surface area contributed by atoms with Crippen LogP contribution in [0.4, 0.5) is 4.79 Å². The van der Waals surface area contributed by atoms with E-state index in [1.165, 1.54) is 0 Å². The van der Waals surface area contributed by atoms with Gasteiger partial charge in [-0.3, -0.25) is 14.5 Å². The molecule has 1 saturated heterocycles. The first-order chi connectivity index (χ1) is 13.1. The van der Waals surface area contributed by atoms with Gasteiger partial charge >= 0.3 is 6.03 Å². The molecule has 6 heteroatoms. The number of furan rings is 1. The molecule has 6 nitrogen and oxygen atoms in total. The Balaban J connectivity index is 1.44. The smallest absolute Gasteiger partial charge is 0.325 e. The predicted octanol–water partition coefficient (Wildman–Crippen LogP) is 3.01. The lowest BCUT2D eigenvalue weighted by molar-refractivity contribution is -0.131. The number of nitrogens with one attached hydrogen (secondary N) is 1. The maximum absolute atomic E-state index is 13.1. The van der Waals surface area contributed by atoms with Crippen LogP contribution < -0.4 is 5.32 Å². The molecule has 0 bridgehead atoms. The number of para-hydroxylation sites is 1. The minimum absolute atomic E-state index is 0.143. The van der Waals surface area contributed by atoms with Crippen molar-refractivity contribution in [2.45, 2.75) is 18.4 Å². The normalized spacial score (nSPS) is 21.1. The molecule has 1 atom stereocenters. The first-order valence-corrected chi connectivity index (χ1v) is 8.83. The topological polar surface area (TPSA) is 79.6 Å². The lowest BCUT2D eigenvalue weighted by Crippen LogP contribution is -2.42. The van der Waals surface area contributed by atoms with Crippen molar-refractivity contribution in [2.75, 3.05) is 6.54 Å². The second kappa shape index (κ2) is 5.54. The fourth-order valence-electron chi connectivity index (χ4n) is 4.07. The van der Waals surface area contributed by atoms with Crippen molar-refractivity contribution < 1.29 is 18.8 Å². The van der Waals surface area contributed by atoms with E-state index in [-0.39, 0.29) is 18.2 Å². The van der Waals surface area contributed by atoms with Gasteiger partial charge in [-0.15, -0.1) is 0 Å². The first kappa shape index (κ1) is 15.8. The van der Waals surface area contributed by atoms with E-state index in [2.05, 4.69) is 5.32 Å². The SMILES string of the molecule is O=C(CN1C(=O)NC2(CCc3ccccc32)C1=O)c1cc2ccccc2o1. The molecule has 1 fully saturated rings. The van der Waals surface area contributed by atoms with Crippen LogP contribution in [0, 0.1) is 0 Å². The van der Waals surface area contributed by atoms with Crippen molar-refractivity contribution in [2.24, 2.45) is 0 Å². The number of benzene rings is 2. The maximum atomic E-state index is 13.1. The summed E-state index contributed by atoms with van der Waals surface area (Å²) in [5, 5.41) is 3.63. The quantitative estimate of drug-likeness (QED) is 0.575. The van der Waals surface area contributed by atoms with Crippen LogP contribution in [0.1, 0.15) is 28.1 Å². The van der Waals surface area contributed by atoms with E-state index in [0.717, 1.165) is 21.4 Å². The van der Waals surface area contributed by atoms with E-state index >= 15 is 0 Å². The molecule has 1 aliphatic carbocycles. The van der Waals surface area contributed by atoms with Crippen LogP contribution in [0.5, 0.6) is 0 Å². The highest BCUT2D eigenvalue weighted by atomic mass is 16.3. The van der Waals surface area contributed by atoms with Gasteiger partial charge in [0.05, 0.1) is 6.54 Å². The zero-order valence-electron chi connectivity index (χ0n) is 14.4. The number of amides is 3. The zero-order valence-corrected chi connectivity index (χ0v) is 14.4. The van der Waals surface area contributed by atoms with Crippen molar-refractivity contribution in [3.8, 4) is 0 Å². The number of Topliss-reactive ketones (excluding diaryl/α,β-unsaturated/α-hetero) is 1. The Hall–Kier alpha value is -3.41. The Morgan fingerprint density at radius 1 is 1.11 bits per heavy atom. The lowest BCUT2D eigenvalue weighted by atomic mass is 9.92. The predicted molar refractivity (Wildman–Crippen MR) is 97.2 cm³/mol. The minimum atomic E-state index is -1.05. The van der Waals surface area contributed by atoms with Crippen molar-refractivity contribution in [3.05, 3.63) is 71.5 Å². The van der Waals surface area contributed by atoms with Crippen molar-refractivity contribution in [3.63, 3.8) is 0 Å². The number of fused-ring (bicyclic) bond motifs is 3. The van der Waals surface area contributed by atoms with Gasteiger partial charge in [0.2, 0.25) is 5.78 Å². The summed E-state index contributed by atoms with van der Waals surface area (Å²) in [5.41, 5.74) is 1.42. The summed E-state index contributed by atoms with van der Waals surface area (Å²) in [7, 11) is 0. The molecule has 27 heavy (non-hydrogen) atoms. The van der Waals surface area contributed by atoms with Crippen LogP contribution in [0.15, 0.2) is 59.0 Å². The van der Waals surface area contributed by atoms with E-state index in [1.807, 2.05) is 42.5 Å². The number of urea groups is 1. The van der Waals surface area contributed by atoms with Gasteiger partial charge < -0.3 is 9.73 Å². The van der Waals surface area contributed by atoms with Gasteiger partial charge in [0, 0.05) is 5.39 Å². The molecule has 1 spiro atoms. The molecule has 2 aliphatic rings. The highest BCUT2D eigenvalue weighted by Crippen LogP contribution is 2.41. The highest BCUT2D eigenvalue weighted by Gasteiger charge is 2.55. The van der Waals surface area contributed by atoms with Crippen LogP contribution in [0.25, 0.3) is 11.0 Å². The van der Waals surface area contributed by atoms with E-state index < -0.39 is 17.4 Å². The van der Waals surface area contributed by atoms with Gasteiger partial charge in [0.25, 0.3) is 5.91 Å². The first-order valence-electron chi connectivity index (χ1n) is 8.83. The number of imide groups is 1. The summed E-state index contributed by atoms with van der Waals surface area (Å²) in [6.07, 6.45) is 1.22. The van der Waals surface area contributed by atoms with Crippen LogP contribution >= 0.6 is 0 Å². The Morgan fingerprint density at radius 3 is 2.74 bits per heavy atom. The summed E-state index contributed by atoms with van der Waals surface area (Å²) in [4.78, 5) is 39.2. The Labute approximate surface area is 154 Å². The van der Waals surface area contributed by atoms with Crippen molar-refractivity contribution in [1.29, 1.82) is 0 Å². The highest BCUT2D eigenvalue weighted by molar-refractivity contribution is 6.11. The van der Waals surface area contributed by atoms with Crippen molar-refractivity contribution in [1.82, 2.24) is 10.2 Å². The van der Waals surface area contributed by atoms with Crippen molar-refractivity contribution >= 4 is 28.7 Å². The molecule has 2 aromatic carbocycles. The fourth-order valence-corrected chi connectivity index (χ4v) is 4.07. The molecule has 1 aromatic heterocycles. The number of hydrogen-bond acceptors (Lipinski definition) is 4. The Bertz CT molecular complexity index is 1080. The maximum Gasteiger partial charge on any atom is 0.325 e. The van der Waals surface area contributed by atoms with Gasteiger partial charge in [-0.2, -0.15) is 0 Å². The molecule has 3 amide bonds. The van der Waals surface area contributed by atoms with E-state index in [1.54, 1.807) is 12.1 Å². The molecule has 134 valence electrons. The van der Waals surface area contributed by atoms with Crippen LogP contribution in [0.3, 0.4) is 0 Å². The van der Waals surface area contributed by atoms with Gasteiger partial charge in [-0.25, -0.2) is 4.79 Å². The fraction of sp³-hybridized carbons (Fsp3) is 0.190. The van der Waals surface area contributed by atoms with E-state index in [0.29, 0.717) is 18.4 Å². The monoisotopic (exact) mass is 360 g/mol. The summed E-state index contributed by atoms with van der Waals surface area (Å²) in [6, 6.07) is 16.0. The Kier molecular flexibility index (Phi) is 3.25. The largest absolute Gasteiger partial charge is 0.453 e. The van der Waals surface area contributed by atoms with Gasteiger partial charge in [-0.05, 0) is 36.1 Å². The second-order valence-corrected chi connectivity index (χ2v) is 6.96. The van der Waals surface area contributed by atoms with Gasteiger partial charge in [0.1, 0.15) is 11.1 Å². The number of rotatable bonds is 3. The number of carbonyl (C=O) groups is 3. The standard InChI is InChI=1S/C21H16N2O4/c24-16(18-11-14-6-2-4-8-17(14)27-18)12-23-19(25)21(22-20(23)26)10-9-13-5-1-3-7-15(13)21/h1-8,11H,9-10,12H2,(H,22,26). The number of carbonyl (C=O) groups excluding carboxylic acids is 3. The van der Waals surface area contributed by atoms with Crippen LogP contribution in [0.2, 0.25) is 0 Å². The third-order valence-electron chi connectivity index (χ3n) is 5.42. The van der Waals surface area contributed by atoms with Gasteiger partial charge in [-0.1, -0.05) is 42.5 Å². The zero-order chi connectivity index (χ0) is 18.6. The van der Waals surface area contributed by atoms with E-state index in [9.17, 15) is 14.4 Å². The summed E-state index contributed by atoms with van der Waals surface area (Å²) >= 11 is 0. The molecule has 3 aromatic rings. The number of hydrogen-bond donors (Lipinski definition) is 1. The molecule has 2 heterocycles. The van der Waals surface area contributed by atoms with Gasteiger partial charge in [0.15, 0.2) is 5.76 Å². The van der Waals surface area contributed by atoms with Crippen LogP contribution in [-0.4, -0.2) is 29.2 Å². The number of aryl methyl sites for hydroxylation is 1. The Morgan fingerprint density at radius 2 is 1.89 bits per heavy atom. The molecule has 0 saturated carbocycles. The lowest BCUT2D eigenvalue weighted by Gasteiger charge is -2.22. The molecular weight excluding hydrogens is 344 g/mol. The van der Waals surface area contributed by atoms with E-state index in [4.69, 9.17) is 4.42 Å². The molecule has 1 N–H and O–H groups in total. The second-order valence-electron chi connectivity index (χ2n) is 6.96. The molecule has 5 rings (SSSR count). The summed E-state index contributed by atoms with van der Waals surface area (Å²) in [6.45, 7) is -0.339. The number of nitrogens with zero attached hydrogens (tertiary/aromatic N) is 1. The molecule has 0 radical (unpaired) electrons. The molecule has 1 aliphatic heterocycles.